The maximum Gasteiger partial charge on any atom is 0.342 e. The van der Waals surface area contributed by atoms with E-state index in [0.29, 0.717) is 35.1 Å². The summed E-state index contributed by atoms with van der Waals surface area (Å²) < 4.78 is 21.1. The molecule has 0 saturated carbocycles. The van der Waals surface area contributed by atoms with Gasteiger partial charge in [-0.25, -0.2) is 4.79 Å². The molecule has 1 N–H and O–H groups in total. The lowest BCUT2D eigenvalue weighted by molar-refractivity contribution is -0.131. The average Bonchev–Trinajstić information content (AvgIpc) is 3.07. The molecule has 1 aromatic heterocycles. The SMILES string of the molecule is CCc1nnc(S/C(=C/c2cc(OC)c(OC)c(OC)c2)C(=O)O)o1. The summed E-state index contributed by atoms with van der Waals surface area (Å²) >= 11 is 0.873. The summed E-state index contributed by atoms with van der Waals surface area (Å²) in [5, 5.41) is 17.2. The molecule has 25 heavy (non-hydrogen) atoms. The van der Waals surface area contributed by atoms with Gasteiger partial charge in [0.2, 0.25) is 11.6 Å². The van der Waals surface area contributed by atoms with Gasteiger partial charge in [0.25, 0.3) is 5.22 Å². The van der Waals surface area contributed by atoms with Crippen LogP contribution >= 0.6 is 11.8 Å². The average molecular weight is 366 g/mol. The second-order valence-corrected chi connectivity index (χ2v) is 5.68. The minimum absolute atomic E-state index is 0.0144. The highest BCUT2D eigenvalue weighted by molar-refractivity contribution is 8.03. The number of carbonyl (C=O) groups is 1. The number of aromatic nitrogens is 2. The lowest BCUT2D eigenvalue weighted by Crippen LogP contribution is -1.98. The van der Waals surface area contributed by atoms with Crippen LogP contribution in [0.15, 0.2) is 26.7 Å². The molecule has 0 aliphatic heterocycles. The molecular formula is C16H18N2O6S. The van der Waals surface area contributed by atoms with Gasteiger partial charge < -0.3 is 23.7 Å². The maximum atomic E-state index is 11.6. The van der Waals surface area contributed by atoms with E-state index in [1.807, 2.05) is 6.92 Å². The van der Waals surface area contributed by atoms with Crippen molar-refractivity contribution in [2.75, 3.05) is 21.3 Å². The molecule has 0 amide bonds. The predicted molar refractivity (Wildman–Crippen MR) is 91.2 cm³/mol. The number of ether oxygens (including phenoxy) is 3. The Morgan fingerprint density at radius 1 is 1.20 bits per heavy atom. The molecule has 0 unspecified atom stereocenters. The fourth-order valence-electron chi connectivity index (χ4n) is 1.99. The molecule has 9 heteroatoms. The van der Waals surface area contributed by atoms with Crippen molar-refractivity contribution < 1.29 is 28.5 Å². The standard InChI is InChI=1S/C16H18N2O6S/c1-5-13-17-18-16(24-13)25-12(15(19)20)8-9-6-10(21-2)14(23-4)11(7-9)22-3/h6-8H,5H2,1-4H3,(H,19,20)/b12-8+. The number of methoxy groups -OCH3 is 3. The molecule has 0 spiro atoms. The quantitative estimate of drug-likeness (QED) is 0.558. The van der Waals surface area contributed by atoms with E-state index >= 15 is 0 Å². The monoisotopic (exact) mass is 366 g/mol. The summed E-state index contributed by atoms with van der Waals surface area (Å²) in [6.07, 6.45) is 2.04. The summed E-state index contributed by atoms with van der Waals surface area (Å²) in [6.45, 7) is 1.87. The first kappa shape index (κ1) is 18.7. The number of benzene rings is 1. The Kier molecular flexibility index (Phi) is 6.29. The van der Waals surface area contributed by atoms with Crippen LogP contribution in [-0.2, 0) is 11.2 Å². The third-order valence-corrected chi connectivity index (χ3v) is 4.00. The third-order valence-electron chi connectivity index (χ3n) is 3.14. The molecule has 0 atom stereocenters. The van der Waals surface area contributed by atoms with Crippen molar-refractivity contribution in [1.29, 1.82) is 0 Å². The van der Waals surface area contributed by atoms with Crippen LogP contribution in [0, 0.1) is 0 Å². The smallest absolute Gasteiger partial charge is 0.342 e. The topological polar surface area (TPSA) is 104 Å². The van der Waals surface area contributed by atoms with Crippen LogP contribution in [0.2, 0.25) is 0 Å². The minimum atomic E-state index is -1.12. The van der Waals surface area contributed by atoms with Crippen molar-refractivity contribution in [3.63, 3.8) is 0 Å². The zero-order chi connectivity index (χ0) is 18.4. The zero-order valence-electron chi connectivity index (χ0n) is 14.2. The van der Waals surface area contributed by atoms with E-state index < -0.39 is 5.97 Å². The molecule has 2 aromatic rings. The Morgan fingerprint density at radius 2 is 1.84 bits per heavy atom. The van der Waals surface area contributed by atoms with Gasteiger partial charge in [0.05, 0.1) is 21.3 Å². The molecular weight excluding hydrogens is 348 g/mol. The van der Waals surface area contributed by atoms with Gasteiger partial charge in [-0.05, 0) is 35.5 Å². The molecule has 2 rings (SSSR count). The Morgan fingerprint density at radius 3 is 2.28 bits per heavy atom. The Labute approximate surface area is 148 Å². The maximum absolute atomic E-state index is 11.6. The number of nitrogens with zero attached hydrogens (tertiary/aromatic N) is 2. The normalized spacial score (nSPS) is 11.3. The fraction of sp³-hybridized carbons (Fsp3) is 0.312. The minimum Gasteiger partial charge on any atom is -0.493 e. The molecule has 134 valence electrons. The van der Waals surface area contributed by atoms with Crippen molar-refractivity contribution >= 4 is 23.8 Å². The van der Waals surface area contributed by atoms with Crippen LogP contribution in [0.3, 0.4) is 0 Å². The van der Waals surface area contributed by atoms with Gasteiger partial charge >= 0.3 is 5.97 Å². The van der Waals surface area contributed by atoms with Crippen LogP contribution in [0.4, 0.5) is 0 Å². The number of carboxylic acid groups (broad SMARTS) is 1. The fourth-order valence-corrected chi connectivity index (χ4v) is 2.68. The van der Waals surface area contributed by atoms with E-state index in [1.165, 1.54) is 27.4 Å². The molecule has 0 aliphatic rings. The van der Waals surface area contributed by atoms with Crippen molar-refractivity contribution in [3.8, 4) is 17.2 Å². The van der Waals surface area contributed by atoms with Gasteiger partial charge in [-0.1, -0.05) is 6.92 Å². The molecule has 1 heterocycles. The van der Waals surface area contributed by atoms with Gasteiger partial charge in [-0.15, -0.1) is 10.2 Å². The number of aliphatic carboxylic acids is 1. The summed E-state index contributed by atoms with van der Waals surface area (Å²) in [5.41, 5.74) is 0.564. The largest absolute Gasteiger partial charge is 0.493 e. The molecule has 0 radical (unpaired) electrons. The van der Waals surface area contributed by atoms with Gasteiger partial charge in [-0.2, -0.15) is 0 Å². The van der Waals surface area contributed by atoms with Crippen molar-refractivity contribution in [2.45, 2.75) is 18.6 Å². The van der Waals surface area contributed by atoms with Crippen molar-refractivity contribution in [3.05, 3.63) is 28.5 Å². The van der Waals surface area contributed by atoms with Gasteiger partial charge in [0.1, 0.15) is 4.91 Å². The van der Waals surface area contributed by atoms with Crippen LogP contribution in [-0.4, -0.2) is 42.6 Å². The Bertz CT molecular complexity index is 762. The number of hydrogen-bond donors (Lipinski definition) is 1. The Balaban J connectivity index is 2.40. The van der Waals surface area contributed by atoms with E-state index in [2.05, 4.69) is 10.2 Å². The summed E-state index contributed by atoms with van der Waals surface area (Å²) in [5.74, 6) is 0.606. The van der Waals surface area contributed by atoms with Crippen LogP contribution in [0.1, 0.15) is 18.4 Å². The summed E-state index contributed by atoms with van der Waals surface area (Å²) in [4.78, 5) is 11.6. The van der Waals surface area contributed by atoms with E-state index in [1.54, 1.807) is 12.1 Å². The van der Waals surface area contributed by atoms with Crippen LogP contribution in [0.25, 0.3) is 6.08 Å². The molecule has 0 fully saturated rings. The van der Waals surface area contributed by atoms with Crippen LogP contribution in [0.5, 0.6) is 17.2 Å². The van der Waals surface area contributed by atoms with E-state index in [-0.39, 0.29) is 10.1 Å². The van der Waals surface area contributed by atoms with Crippen molar-refractivity contribution in [2.24, 2.45) is 0 Å². The lowest BCUT2D eigenvalue weighted by atomic mass is 10.1. The van der Waals surface area contributed by atoms with E-state index in [0.717, 1.165) is 11.8 Å². The summed E-state index contributed by atoms with van der Waals surface area (Å²) in [6, 6.07) is 3.30. The Hall–Kier alpha value is -2.68. The lowest BCUT2D eigenvalue weighted by Gasteiger charge is -2.13. The highest BCUT2D eigenvalue weighted by atomic mass is 32.2. The molecule has 0 bridgehead atoms. The van der Waals surface area contributed by atoms with Crippen molar-refractivity contribution in [1.82, 2.24) is 10.2 Å². The summed E-state index contributed by atoms with van der Waals surface area (Å²) in [7, 11) is 4.47. The highest BCUT2D eigenvalue weighted by Crippen LogP contribution is 2.39. The predicted octanol–water partition coefficient (Wildman–Crippen LogP) is 2.88. The number of aryl methyl sites for hydroxylation is 1. The molecule has 8 nitrogen and oxygen atoms in total. The number of hydrogen-bond acceptors (Lipinski definition) is 8. The van der Waals surface area contributed by atoms with Crippen LogP contribution < -0.4 is 14.2 Å². The highest BCUT2D eigenvalue weighted by Gasteiger charge is 2.17. The zero-order valence-corrected chi connectivity index (χ0v) is 15.0. The number of rotatable bonds is 8. The third kappa shape index (κ3) is 4.44. The van der Waals surface area contributed by atoms with Gasteiger partial charge in [0, 0.05) is 6.42 Å². The molecule has 0 aliphatic carbocycles. The van der Waals surface area contributed by atoms with E-state index in [4.69, 9.17) is 18.6 Å². The number of thioether (sulfide) groups is 1. The molecule has 1 aromatic carbocycles. The first-order chi connectivity index (χ1) is 12.0. The van der Waals surface area contributed by atoms with Gasteiger partial charge in [-0.3, -0.25) is 0 Å². The van der Waals surface area contributed by atoms with Gasteiger partial charge in [0.15, 0.2) is 11.5 Å². The molecule has 0 saturated heterocycles. The van der Waals surface area contributed by atoms with E-state index in [9.17, 15) is 9.90 Å². The second-order valence-electron chi connectivity index (χ2n) is 4.69. The first-order valence-electron chi connectivity index (χ1n) is 7.27. The second kappa shape index (κ2) is 8.43. The number of carboxylic acids is 1. The first-order valence-corrected chi connectivity index (χ1v) is 8.09.